The molecule has 0 radical (unpaired) electrons. The maximum absolute atomic E-state index is 12.7. The molecule has 0 unspecified atom stereocenters. The highest BCUT2D eigenvalue weighted by molar-refractivity contribution is 5.81. The van der Waals surface area contributed by atoms with Crippen molar-refractivity contribution >= 4 is 16.8 Å². The van der Waals surface area contributed by atoms with Gasteiger partial charge in [-0.3, -0.25) is 4.79 Å². The van der Waals surface area contributed by atoms with Crippen molar-refractivity contribution < 1.29 is 14.3 Å². The van der Waals surface area contributed by atoms with Gasteiger partial charge in [0.2, 0.25) is 0 Å². The minimum Gasteiger partial charge on any atom is -0.497 e. The van der Waals surface area contributed by atoms with Gasteiger partial charge in [0.1, 0.15) is 11.5 Å². The Kier molecular flexibility index (Phi) is 4.52. The van der Waals surface area contributed by atoms with Crippen LogP contribution in [0.4, 0.5) is 0 Å². The lowest BCUT2D eigenvalue weighted by Crippen LogP contribution is -2.36. The molecule has 1 heterocycles. The Morgan fingerprint density at radius 3 is 2.81 bits per heavy atom. The minimum absolute atomic E-state index is 0.0157. The summed E-state index contributed by atoms with van der Waals surface area (Å²) in [5, 5.41) is 1.18. The van der Waals surface area contributed by atoms with Crippen molar-refractivity contribution in [1.82, 2.24) is 9.88 Å². The number of rotatable bonds is 7. The highest BCUT2D eigenvalue weighted by Crippen LogP contribution is 2.29. The van der Waals surface area contributed by atoms with Crippen molar-refractivity contribution in [2.24, 2.45) is 0 Å². The Balaban J connectivity index is 1.43. The molecule has 1 aromatic heterocycles. The van der Waals surface area contributed by atoms with E-state index in [1.54, 1.807) is 13.2 Å². The zero-order valence-electron chi connectivity index (χ0n) is 14.8. The maximum atomic E-state index is 12.7. The van der Waals surface area contributed by atoms with E-state index in [9.17, 15) is 4.79 Å². The van der Waals surface area contributed by atoms with Crippen LogP contribution in [-0.2, 0) is 11.3 Å². The lowest BCUT2D eigenvalue weighted by molar-refractivity contribution is -0.134. The number of carbonyl (C=O) groups excluding carboxylic acids is 1. The van der Waals surface area contributed by atoms with Crippen molar-refractivity contribution in [2.75, 3.05) is 13.7 Å². The molecule has 3 aromatic rings. The van der Waals surface area contributed by atoms with Gasteiger partial charge < -0.3 is 19.4 Å². The van der Waals surface area contributed by atoms with E-state index in [-0.39, 0.29) is 12.5 Å². The van der Waals surface area contributed by atoms with Crippen LogP contribution in [0.2, 0.25) is 0 Å². The standard InChI is InChI=1S/C21H22N2O3/c1-25-18-3-2-4-19(12-18)26-14-21(24)23(17-7-8-17)13-15-5-6-16-9-10-22-20(16)11-15/h2-6,9-12,17,22H,7-8,13-14H2,1H3. The highest BCUT2D eigenvalue weighted by Gasteiger charge is 2.32. The van der Waals surface area contributed by atoms with Gasteiger partial charge in [-0.15, -0.1) is 0 Å². The van der Waals surface area contributed by atoms with Crippen LogP contribution in [0.3, 0.4) is 0 Å². The van der Waals surface area contributed by atoms with Gasteiger partial charge in [-0.2, -0.15) is 0 Å². The summed E-state index contributed by atoms with van der Waals surface area (Å²) in [5.41, 5.74) is 2.22. The first kappa shape index (κ1) is 16.5. The summed E-state index contributed by atoms with van der Waals surface area (Å²) in [6.45, 7) is 0.647. The van der Waals surface area contributed by atoms with E-state index in [0.717, 1.165) is 23.9 Å². The molecule has 5 heteroatoms. The van der Waals surface area contributed by atoms with Crippen LogP contribution in [0.15, 0.2) is 54.7 Å². The van der Waals surface area contributed by atoms with Crippen LogP contribution in [0.1, 0.15) is 18.4 Å². The lowest BCUT2D eigenvalue weighted by atomic mass is 10.1. The molecule has 1 N–H and O–H groups in total. The van der Waals surface area contributed by atoms with Gasteiger partial charge >= 0.3 is 0 Å². The van der Waals surface area contributed by atoms with Crippen LogP contribution in [0.5, 0.6) is 11.5 Å². The van der Waals surface area contributed by atoms with E-state index in [1.807, 2.05) is 35.4 Å². The number of hydrogen-bond donors (Lipinski definition) is 1. The van der Waals surface area contributed by atoms with Crippen molar-refractivity contribution in [1.29, 1.82) is 0 Å². The van der Waals surface area contributed by atoms with Gasteiger partial charge in [0, 0.05) is 30.4 Å². The van der Waals surface area contributed by atoms with Crippen LogP contribution < -0.4 is 9.47 Å². The molecule has 0 saturated heterocycles. The summed E-state index contributed by atoms with van der Waals surface area (Å²) in [6, 6.07) is 16.0. The summed E-state index contributed by atoms with van der Waals surface area (Å²) in [7, 11) is 1.61. The van der Waals surface area contributed by atoms with E-state index in [2.05, 4.69) is 23.2 Å². The molecule has 1 aliphatic rings. The largest absolute Gasteiger partial charge is 0.497 e. The number of aromatic nitrogens is 1. The van der Waals surface area contributed by atoms with Gasteiger partial charge in [0.25, 0.3) is 5.91 Å². The predicted molar refractivity (Wildman–Crippen MR) is 100 cm³/mol. The van der Waals surface area contributed by atoms with Gasteiger partial charge in [-0.1, -0.05) is 18.2 Å². The Labute approximate surface area is 152 Å². The predicted octanol–water partition coefficient (Wildman–Crippen LogP) is 3.75. The third-order valence-electron chi connectivity index (χ3n) is 4.68. The van der Waals surface area contributed by atoms with Gasteiger partial charge in [0.15, 0.2) is 6.61 Å². The number of hydrogen-bond acceptors (Lipinski definition) is 3. The molecule has 4 rings (SSSR count). The molecule has 26 heavy (non-hydrogen) atoms. The number of methoxy groups -OCH3 is 1. The van der Waals surface area contributed by atoms with Crippen molar-refractivity contribution in [3.05, 3.63) is 60.3 Å². The normalized spacial score (nSPS) is 13.6. The van der Waals surface area contributed by atoms with Crippen molar-refractivity contribution in [2.45, 2.75) is 25.4 Å². The Morgan fingerprint density at radius 1 is 1.15 bits per heavy atom. The second-order valence-corrected chi connectivity index (χ2v) is 6.62. The first-order chi connectivity index (χ1) is 12.7. The summed E-state index contributed by atoms with van der Waals surface area (Å²) in [5.74, 6) is 1.37. The molecule has 1 aliphatic carbocycles. The fourth-order valence-corrected chi connectivity index (χ4v) is 3.12. The summed E-state index contributed by atoms with van der Waals surface area (Å²) < 4.78 is 10.9. The smallest absolute Gasteiger partial charge is 0.261 e. The average Bonchev–Trinajstić information content (AvgIpc) is 3.41. The number of aromatic amines is 1. The number of ether oxygens (including phenoxy) is 2. The van der Waals surface area contributed by atoms with E-state index in [0.29, 0.717) is 24.1 Å². The molecule has 1 saturated carbocycles. The van der Waals surface area contributed by atoms with E-state index >= 15 is 0 Å². The van der Waals surface area contributed by atoms with E-state index < -0.39 is 0 Å². The maximum Gasteiger partial charge on any atom is 0.261 e. The summed E-state index contributed by atoms with van der Waals surface area (Å²) in [6.07, 6.45) is 4.06. The van der Waals surface area contributed by atoms with Crippen molar-refractivity contribution in [3.8, 4) is 11.5 Å². The Hall–Kier alpha value is -2.95. The van der Waals surface area contributed by atoms with Crippen LogP contribution in [-0.4, -0.2) is 35.5 Å². The Morgan fingerprint density at radius 2 is 2.00 bits per heavy atom. The topological polar surface area (TPSA) is 54.6 Å². The van der Waals surface area contributed by atoms with Crippen LogP contribution >= 0.6 is 0 Å². The molecule has 1 amide bonds. The zero-order valence-corrected chi connectivity index (χ0v) is 14.8. The van der Waals surface area contributed by atoms with E-state index in [1.165, 1.54) is 5.39 Å². The molecular formula is C21H22N2O3. The molecule has 134 valence electrons. The Bertz CT molecular complexity index is 914. The SMILES string of the molecule is COc1cccc(OCC(=O)N(Cc2ccc3cc[nH]c3c2)C2CC2)c1. The fourth-order valence-electron chi connectivity index (χ4n) is 3.12. The second kappa shape index (κ2) is 7.12. The molecule has 1 fully saturated rings. The first-order valence-electron chi connectivity index (χ1n) is 8.85. The van der Waals surface area contributed by atoms with Gasteiger partial charge in [-0.25, -0.2) is 0 Å². The molecule has 2 aromatic carbocycles. The molecular weight excluding hydrogens is 328 g/mol. The van der Waals surface area contributed by atoms with Crippen molar-refractivity contribution in [3.63, 3.8) is 0 Å². The quantitative estimate of drug-likeness (QED) is 0.706. The lowest BCUT2D eigenvalue weighted by Gasteiger charge is -2.23. The number of fused-ring (bicyclic) bond motifs is 1. The monoisotopic (exact) mass is 350 g/mol. The number of nitrogens with one attached hydrogen (secondary N) is 1. The number of amides is 1. The third-order valence-corrected chi connectivity index (χ3v) is 4.68. The number of benzene rings is 2. The molecule has 0 spiro atoms. The summed E-state index contributed by atoms with van der Waals surface area (Å²) in [4.78, 5) is 17.9. The summed E-state index contributed by atoms with van der Waals surface area (Å²) >= 11 is 0. The second-order valence-electron chi connectivity index (χ2n) is 6.62. The number of H-pyrrole nitrogens is 1. The van der Waals surface area contributed by atoms with Crippen LogP contribution in [0, 0.1) is 0 Å². The van der Waals surface area contributed by atoms with Gasteiger partial charge in [0.05, 0.1) is 7.11 Å². The van der Waals surface area contributed by atoms with E-state index in [4.69, 9.17) is 9.47 Å². The highest BCUT2D eigenvalue weighted by atomic mass is 16.5. The fraction of sp³-hybridized carbons (Fsp3) is 0.286. The zero-order chi connectivity index (χ0) is 17.9. The molecule has 0 aliphatic heterocycles. The minimum atomic E-state index is 0.0157. The molecule has 5 nitrogen and oxygen atoms in total. The van der Waals surface area contributed by atoms with Crippen LogP contribution in [0.25, 0.3) is 10.9 Å². The number of nitrogens with zero attached hydrogens (tertiary/aromatic N) is 1. The molecule has 0 bridgehead atoms. The third kappa shape index (κ3) is 3.67. The average molecular weight is 350 g/mol. The molecule has 0 atom stereocenters. The first-order valence-corrected chi connectivity index (χ1v) is 8.85. The number of carbonyl (C=O) groups is 1. The van der Waals surface area contributed by atoms with Gasteiger partial charge in [-0.05, 0) is 48.1 Å².